The summed E-state index contributed by atoms with van der Waals surface area (Å²) in [6.45, 7) is 0. The first-order chi connectivity index (χ1) is 4.86. The normalized spacial score (nSPS) is 55.0. The standard InChI is InChI=1S/C9H10O/c10-9-6-2-1-5-3-7(6)8(9)4-5/h1-2,5-8H,3-4H2. The number of hydrogen-bond acceptors (Lipinski definition) is 1. The summed E-state index contributed by atoms with van der Waals surface area (Å²) >= 11 is 0. The van der Waals surface area contributed by atoms with Crippen molar-refractivity contribution in [1.82, 2.24) is 0 Å². The van der Waals surface area contributed by atoms with Crippen molar-refractivity contribution >= 4 is 5.78 Å². The van der Waals surface area contributed by atoms with Gasteiger partial charge >= 0.3 is 0 Å². The Morgan fingerprint density at radius 2 is 2.20 bits per heavy atom. The van der Waals surface area contributed by atoms with Gasteiger partial charge in [-0.1, -0.05) is 12.2 Å². The van der Waals surface area contributed by atoms with Crippen LogP contribution in [0.4, 0.5) is 0 Å². The summed E-state index contributed by atoms with van der Waals surface area (Å²) in [6, 6.07) is 0. The van der Waals surface area contributed by atoms with Crippen LogP contribution in [0.25, 0.3) is 0 Å². The van der Waals surface area contributed by atoms with Crippen LogP contribution < -0.4 is 0 Å². The molecular weight excluding hydrogens is 124 g/mol. The van der Waals surface area contributed by atoms with Gasteiger partial charge in [-0.3, -0.25) is 4.79 Å². The molecule has 0 spiro atoms. The molecule has 0 N–H and O–H groups in total. The van der Waals surface area contributed by atoms with E-state index in [-0.39, 0.29) is 0 Å². The Morgan fingerprint density at radius 1 is 1.30 bits per heavy atom. The average molecular weight is 134 g/mol. The number of allylic oxidation sites excluding steroid dienone is 2. The summed E-state index contributed by atoms with van der Waals surface area (Å²) in [5.41, 5.74) is 0. The highest BCUT2D eigenvalue weighted by atomic mass is 16.1. The van der Waals surface area contributed by atoms with Crippen molar-refractivity contribution in [3.8, 4) is 0 Å². The smallest absolute Gasteiger partial charge is 0.143 e. The molecule has 0 aliphatic heterocycles. The molecule has 0 aromatic rings. The molecule has 0 saturated heterocycles. The minimum atomic E-state index is 0.351. The highest BCUT2D eigenvalue weighted by Crippen LogP contribution is 2.54. The minimum Gasteiger partial charge on any atom is -0.299 e. The fourth-order valence-corrected chi connectivity index (χ4v) is 2.85. The van der Waals surface area contributed by atoms with Crippen molar-refractivity contribution in [1.29, 1.82) is 0 Å². The van der Waals surface area contributed by atoms with E-state index in [1.165, 1.54) is 6.42 Å². The first kappa shape index (κ1) is 5.11. The molecule has 3 rings (SSSR count). The number of carbonyl (C=O) groups excluding carboxylic acids is 1. The molecule has 0 radical (unpaired) electrons. The van der Waals surface area contributed by atoms with E-state index in [9.17, 15) is 4.79 Å². The largest absolute Gasteiger partial charge is 0.299 e. The van der Waals surface area contributed by atoms with Crippen LogP contribution in [-0.4, -0.2) is 5.78 Å². The van der Waals surface area contributed by atoms with Crippen LogP contribution in [-0.2, 0) is 4.79 Å². The van der Waals surface area contributed by atoms with Gasteiger partial charge in [0, 0.05) is 11.8 Å². The average Bonchev–Trinajstić information content (AvgIpc) is 2.12. The van der Waals surface area contributed by atoms with Gasteiger partial charge in [0.25, 0.3) is 0 Å². The van der Waals surface area contributed by atoms with Crippen molar-refractivity contribution < 1.29 is 4.79 Å². The topological polar surface area (TPSA) is 17.1 Å². The van der Waals surface area contributed by atoms with Gasteiger partial charge < -0.3 is 0 Å². The van der Waals surface area contributed by atoms with Crippen molar-refractivity contribution in [3.05, 3.63) is 12.2 Å². The van der Waals surface area contributed by atoms with Crippen LogP contribution in [0, 0.1) is 23.7 Å². The predicted molar refractivity (Wildman–Crippen MR) is 37.3 cm³/mol. The molecule has 10 heavy (non-hydrogen) atoms. The lowest BCUT2D eigenvalue weighted by atomic mass is 9.65. The molecule has 0 aromatic carbocycles. The summed E-state index contributed by atoms with van der Waals surface area (Å²) in [7, 11) is 0. The predicted octanol–water partition coefficient (Wildman–Crippen LogP) is 1.40. The Bertz CT molecular complexity index is 229. The highest BCUT2D eigenvalue weighted by molar-refractivity contribution is 5.92. The molecular formula is C9H10O. The van der Waals surface area contributed by atoms with Gasteiger partial charge in [0.2, 0.25) is 0 Å². The summed E-state index contributed by atoms with van der Waals surface area (Å²) < 4.78 is 0. The number of rotatable bonds is 0. The SMILES string of the molecule is O=C1C2C=CC3CC1C2C3. The quantitative estimate of drug-likeness (QED) is 0.458. The zero-order valence-corrected chi connectivity index (χ0v) is 5.79. The maximum atomic E-state index is 11.2. The zero-order chi connectivity index (χ0) is 6.72. The number of ketones is 1. The van der Waals surface area contributed by atoms with Crippen molar-refractivity contribution in [2.45, 2.75) is 12.8 Å². The number of fused-ring (bicyclic) bond motifs is 1. The van der Waals surface area contributed by atoms with Crippen molar-refractivity contribution in [2.75, 3.05) is 0 Å². The first-order valence-corrected chi connectivity index (χ1v) is 4.08. The Hall–Kier alpha value is -0.590. The van der Waals surface area contributed by atoms with E-state index in [0.717, 1.165) is 18.3 Å². The highest BCUT2D eigenvalue weighted by Gasteiger charge is 2.54. The Balaban J connectivity index is 2.10. The third kappa shape index (κ3) is 0.377. The Morgan fingerprint density at radius 3 is 3.10 bits per heavy atom. The van der Waals surface area contributed by atoms with Gasteiger partial charge in [-0.2, -0.15) is 0 Å². The monoisotopic (exact) mass is 134 g/mol. The van der Waals surface area contributed by atoms with Gasteiger partial charge in [-0.25, -0.2) is 0 Å². The second-order valence-corrected chi connectivity index (χ2v) is 3.81. The van der Waals surface area contributed by atoms with E-state index in [0.29, 0.717) is 17.6 Å². The molecule has 3 aliphatic rings. The molecule has 2 saturated carbocycles. The lowest BCUT2D eigenvalue weighted by Crippen LogP contribution is -2.43. The Labute approximate surface area is 60.1 Å². The maximum absolute atomic E-state index is 11.2. The Kier molecular flexibility index (Phi) is 0.697. The second kappa shape index (κ2) is 1.36. The van der Waals surface area contributed by atoms with E-state index in [2.05, 4.69) is 12.2 Å². The van der Waals surface area contributed by atoms with Crippen LogP contribution in [0.15, 0.2) is 12.2 Å². The maximum Gasteiger partial charge on any atom is 0.143 e. The van der Waals surface area contributed by atoms with Crippen LogP contribution in [0.5, 0.6) is 0 Å². The van der Waals surface area contributed by atoms with Gasteiger partial charge in [0.15, 0.2) is 0 Å². The fourth-order valence-electron chi connectivity index (χ4n) is 2.85. The molecule has 1 nitrogen and oxygen atoms in total. The summed E-state index contributed by atoms with van der Waals surface area (Å²) in [6.07, 6.45) is 6.87. The molecule has 1 heteroatoms. The fraction of sp³-hybridized carbons (Fsp3) is 0.667. The van der Waals surface area contributed by atoms with E-state index in [4.69, 9.17) is 0 Å². The summed E-state index contributed by atoms with van der Waals surface area (Å²) in [5, 5.41) is 0. The van der Waals surface area contributed by atoms with E-state index in [1.807, 2.05) is 0 Å². The molecule has 4 atom stereocenters. The van der Waals surface area contributed by atoms with Crippen LogP contribution in [0.1, 0.15) is 12.8 Å². The summed E-state index contributed by atoms with van der Waals surface area (Å²) in [5.74, 6) is 2.88. The molecule has 4 unspecified atom stereocenters. The molecule has 2 fully saturated rings. The molecule has 2 bridgehead atoms. The number of hydrogen-bond donors (Lipinski definition) is 0. The third-order valence-corrected chi connectivity index (χ3v) is 3.39. The molecule has 0 heterocycles. The lowest BCUT2D eigenvalue weighted by molar-refractivity contribution is -0.137. The molecule has 52 valence electrons. The van der Waals surface area contributed by atoms with Gasteiger partial charge in [0.05, 0.1) is 0 Å². The van der Waals surface area contributed by atoms with Crippen LogP contribution >= 0.6 is 0 Å². The van der Waals surface area contributed by atoms with E-state index in [1.54, 1.807) is 0 Å². The van der Waals surface area contributed by atoms with E-state index >= 15 is 0 Å². The minimum absolute atomic E-state index is 0.351. The summed E-state index contributed by atoms with van der Waals surface area (Å²) in [4.78, 5) is 11.2. The molecule has 3 aliphatic carbocycles. The number of carbonyl (C=O) groups is 1. The van der Waals surface area contributed by atoms with Crippen LogP contribution in [0.3, 0.4) is 0 Å². The van der Waals surface area contributed by atoms with Gasteiger partial charge in [-0.15, -0.1) is 0 Å². The van der Waals surface area contributed by atoms with Crippen molar-refractivity contribution in [3.63, 3.8) is 0 Å². The van der Waals surface area contributed by atoms with Gasteiger partial charge in [0.1, 0.15) is 5.78 Å². The second-order valence-electron chi connectivity index (χ2n) is 3.81. The first-order valence-electron chi connectivity index (χ1n) is 4.08. The van der Waals surface area contributed by atoms with Crippen molar-refractivity contribution in [2.24, 2.45) is 23.7 Å². The molecule has 0 aromatic heterocycles. The third-order valence-electron chi connectivity index (χ3n) is 3.39. The molecule has 0 amide bonds. The van der Waals surface area contributed by atoms with Gasteiger partial charge in [-0.05, 0) is 24.7 Å². The van der Waals surface area contributed by atoms with E-state index < -0.39 is 0 Å². The van der Waals surface area contributed by atoms with Crippen LogP contribution in [0.2, 0.25) is 0 Å². The number of Topliss-reactive ketones (excluding diaryl/α,β-unsaturated/α-hetero) is 1. The zero-order valence-electron chi connectivity index (χ0n) is 5.79. The lowest BCUT2D eigenvalue weighted by Gasteiger charge is -2.37.